The minimum Gasteiger partial charge on any atom is -0.455 e. The number of aromatic nitrogens is 5. The van der Waals surface area contributed by atoms with Crippen molar-refractivity contribution in [3.8, 4) is 39.9 Å². The Morgan fingerprint density at radius 1 is 0.431 bits per heavy atom. The third kappa shape index (κ3) is 4.25. The minimum atomic E-state index is 0.539. The summed E-state index contributed by atoms with van der Waals surface area (Å²) in [7, 11) is 0. The number of hydrogen-bond acceptors (Lipinski definition) is 6. The molecule has 51 heavy (non-hydrogen) atoms. The van der Waals surface area contributed by atoms with Gasteiger partial charge in [0.05, 0.1) is 17.2 Å². The van der Waals surface area contributed by atoms with Gasteiger partial charge < -0.3 is 8.83 Å². The number of pyridine rings is 1. The summed E-state index contributed by atoms with van der Waals surface area (Å²) in [5.74, 6) is 1.66. The summed E-state index contributed by atoms with van der Waals surface area (Å²) in [6.45, 7) is 0. The molecule has 6 aromatic carbocycles. The molecule has 0 radical (unpaired) electrons. The van der Waals surface area contributed by atoms with Crippen LogP contribution in [0.4, 0.5) is 0 Å². The molecule has 0 unspecified atom stereocenters. The maximum Gasteiger partial charge on any atom is 0.238 e. The van der Waals surface area contributed by atoms with Crippen molar-refractivity contribution in [2.45, 2.75) is 0 Å². The Kier molecular flexibility index (Phi) is 5.83. The highest BCUT2D eigenvalue weighted by Gasteiger charge is 2.19. The highest BCUT2D eigenvalue weighted by Crippen LogP contribution is 2.37. The number of para-hydroxylation sites is 4. The molecule has 7 heteroatoms. The lowest BCUT2D eigenvalue weighted by Gasteiger charge is -2.11. The molecule has 0 aliphatic rings. The zero-order valence-electron chi connectivity index (χ0n) is 27.0. The van der Waals surface area contributed by atoms with Crippen LogP contribution in [0.3, 0.4) is 0 Å². The fraction of sp³-hybridized carbons (Fsp3) is 0. The monoisotopic (exact) mass is 655 g/mol. The van der Waals surface area contributed by atoms with Crippen LogP contribution in [0, 0.1) is 0 Å². The molecular weight excluding hydrogens is 631 g/mol. The molecule has 0 aliphatic heterocycles. The van der Waals surface area contributed by atoms with Gasteiger partial charge in [-0.2, -0.15) is 9.97 Å². The first kappa shape index (κ1) is 27.8. The van der Waals surface area contributed by atoms with Gasteiger partial charge >= 0.3 is 0 Å². The first-order chi connectivity index (χ1) is 25.3. The van der Waals surface area contributed by atoms with Crippen molar-refractivity contribution >= 4 is 65.7 Å². The van der Waals surface area contributed by atoms with Crippen molar-refractivity contribution in [2.24, 2.45) is 0 Å². The minimum absolute atomic E-state index is 0.539. The summed E-state index contributed by atoms with van der Waals surface area (Å²) in [5, 5.41) is 6.52. The van der Waals surface area contributed by atoms with E-state index < -0.39 is 0 Å². The van der Waals surface area contributed by atoms with Crippen molar-refractivity contribution in [3.05, 3.63) is 152 Å². The number of rotatable bonds is 4. The fourth-order valence-corrected chi connectivity index (χ4v) is 7.40. The van der Waals surface area contributed by atoms with Crippen LogP contribution in [-0.4, -0.2) is 24.5 Å². The average molecular weight is 656 g/mol. The second-order valence-electron chi connectivity index (χ2n) is 12.7. The normalized spacial score (nSPS) is 11.9. The lowest BCUT2D eigenvalue weighted by Crippen LogP contribution is -2.06. The van der Waals surface area contributed by atoms with Crippen LogP contribution in [-0.2, 0) is 0 Å². The zero-order valence-corrected chi connectivity index (χ0v) is 27.0. The fourth-order valence-electron chi connectivity index (χ4n) is 7.40. The summed E-state index contributed by atoms with van der Waals surface area (Å²) in [6.07, 6.45) is 3.53. The number of furan rings is 2. The van der Waals surface area contributed by atoms with Gasteiger partial charge in [0.2, 0.25) is 5.95 Å². The molecule has 238 valence electrons. The van der Waals surface area contributed by atoms with E-state index in [1.54, 1.807) is 12.4 Å². The van der Waals surface area contributed by atoms with Gasteiger partial charge in [0.25, 0.3) is 0 Å². The van der Waals surface area contributed by atoms with Crippen molar-refractivity contribution < 1.29 is 8.83 Å². The lowest BCUT2D eigenvalue weighted by atomic mass is 10.0. The van der Waals surface area contributed by atoms with Gasteiger partial charge in [0.1, 0.15) is 16.7 Å². The standard InChI is InChI=1S/C44H25N5O2/c1-4-13-36-30(8-1)31-9-2-5-14-37(31)49(36)44-47-42(46-43(48-44)28-20-21-33-34-22-23-45-25-40(34)50-39(33)24-28)27-18-16-26(17-19-27)29-11-7-12-35-32-10-3-6-15-38(32)51-41(29)35/h1-25H. The highest BCUT2D eigenvalue weighted by atomic mass is 16.3. The molecule has 11 rings (SSSR count). The Bertz CT molecular complexity index is 3100. The van der Waals surface area contributed by atoms with Crippen LogP contribution in [0.2, 0.25) is 0 Å². The molecule has 5 heterocycles. The molecule has 0 amide bonds. The molecule has 0 saturated heterocycles. The van der Waals surface area contributed by atoms with E-state index in [0.717, 1.165) is 87.9 Å². The van der Waals surface area contributed by atoms with Crippen LogP contribution in [0.25, 0.3) is 106 Å². The Hall–Kier alpha value is -7.12. The summed E-state index contributed by atoms with van der Waals surface area (Å²) in [6, 6.07) is 47.6. The highest BCUT2D eigenvalue weighted by molar-refractivity contribution is 6.10. The number of benzene rings is 6. The van der Waals surface area contributed by atoms with Crippen molar-refractivity contribution in [1.82, 2.24) is 24.5 Å². The Morgan fingerprint density at radius 2 is 1.06 bits per heavy atom. The molecule has 0 atom stereocenters. The van der Waals surface area contributed by atoms with E-state index in [2.05, 4.69) is 101 Å². The van der Waals surface area contributed by atoms with Crippen LogP contribution in [0.15, 0.2) is 161 Å². The van der Waals surface area contributed by atoms with Crippen LogP contribution < -0.4 is 0 Å². The summed E-state index contributed by atoms with van der Waals surface area (Å²) in [5.41, 5.74) is 9.07. The maximum atomic E-state index is 6.35. The van der Waals surface area contributed by atoms with Gasteiger partial charge in [0, 0.05) is 55.2 Å². The van der Waals surface area contributed by atoms with E-state index in [-0.39, 0.29) is 0 Å². The summed E-state index contributed by atoms with van der Waals surface area (Å²) in [4.78, 5) is 19.6. The molecule has 11 aromatic rings. The van der Waals surface area contributed by atoms with Crippen molar-refractivity contribution in [3.63, 3.8) is 0 Å². The van der Waals surface area contributed by atoms with Gasteiger partial charge in [-0.15, -0.1) is 0 Å². The van der Waals surface area contributed by atoms with Crippen molar-refractivity contribution in [1.29, 1.82) is 0 Å². The molecule has 7 nitrogen and oxygen atoms in total. The van der Waals surface area contributed by atoms with Gasteiger partial charge in [-0.05, 0) is 42.0 Å². The molecule has 0 saturated carbocycles. The van der Waals surface area contributed by atoms with E-state index in [9.17, 15) is 0 Å². The van der Waals surface area contributed by atoms with Gasteiger partial charge in [0.15, 0.2) is 17.2 Å². The quantitative estimate of drug-likeness (QED) is 0.188. The second-order valence-corrected chi connectivity index (χ2v) is 12.7. The van der Waals surface area contributed by atoms with E-state index in [0.29, 0.717) is 17.6 Å². The van der Waals surface area contributed by atoms with E-state index >= 15 is 0 Å². The predicted molar refractivity (Wildman–Crippen MR) is 203 cm³/mol. The number of nitrogens with zero attached hydrogens (tertiary/aromatic N) is 5. The van der Waals surface area contributed by atoms with Crippen LogP contribution >= 0.6 is 0 Å². The molecule has 0 fully saturated rings. The van der Waals surface area contributed by atoms with E-state index in [1.807, 2.05) is 48.5 Å². The summed E-state index contributed by atoms with van der Waals surface area (Å²) >= 11 is 0. The third-order valence-electron chi connectivity index (χ3n) is 9.80. The Morgan fingerprint density at radius 3 is 1.86 bits per heavy atom. The Balaban J connectivity index is 1.10. The van der Waals surface area contributed by atoms with Crippen LogP contribution in [0.1, 0.15) is 0 Å². The predicted octanol–water partition coefficient (Wildman–Crippen LogP) is 11.2. The average Bonchev–Trinajstić information content (AvgIpc) is 3.87. The van der Waals surface area contributed by atoms with Gasteiger partial charge in [-0.3, -0.25) is 9.55 Å². The Labute approximate surface area is 290 Å². The molecule has 0 N–H and O–H groups in total. The lowest BCUT2D eigenvalue weighted by molar-refractivity contribution is 0.667. The van der Waals surface area contributed by atoms with E-state index in [1.165, 1.54) is 0 Å². The number of fused-ring (bicyclic) bond motifs is 9. The summed E-state index contributed by atoms with van der Waals surface area (Å²) < 4.78 is 14.7. The number of hydrogen-bond donors (Lipinski definition) is 0. The van der Waals surface area contributed by atoms with E-state index in [4.69, 9.17) is 23.8 Å². The SMILES string of the molecule is c1ccc2c(c1)oc1c(-c3ccc(-c4nc(-c5ccc6c(c5)oc5cnccc56)nc(-n5c6ccccc6c6ccccc65)n4)cc3)cccc12. The van der Waals surface area contributed by atoms with Crippen molar-refractivity contribution in [2.75, 3.05) is 0 Å². The molecular formula is C44H25N5O2. The van der Waals surface area contributed by atoms with Crippen LogP contribution in [0.5, 0.6) is 0 Å². The first-order valence-electron chi connectivity index (χ1n) is 16.8. The zero-order chi connectivity index (χ0) is 33.5. The van der Waals surface area contributed by atoms with Gasteiger partial charge in [-0.25, -0.2) is 4.98 Å². The molecule has 0 bridgehead atoms. The molecule has 0 spiro atoms. The first-order valence-corrected chi connectivity index (χ1v) is 16.8. The van der Waals surface area contributed by atoms with Gasteiger partial charge in [-0.1, -0.05) is 103 Å². The molecule has 5 aromatic heterocycles. The third-order valence-corrected chi connectivity index (χ3v) is 9.80. The maximum absolute atomic E-state index is 6.35. The largest absolute Gasteiger partial charge is 0.455 e. The molecule has 0 aliphatic carbocycles. The topological polar surface area (TPSA) is 82.8 Å². The second kappa shape index (κ2) is 10.7. The smallest absolute Gasteiger partial charge is 0.238 e.